The number of fused-ring (bicyclic) bond motifs is 1. The molecule has 2 aliphatic rings. The first kappa shape index (κ1) is 26.8. The molecule has 0 radical (unpaired) electrons. The van der Waals surface area contributed by atoms with E-state index in [2.05, 4.69) is 26.8 Å². The van der Waals surface area contributed by atoms with Gasteiger partial charge in [0, 0.05) is 19.5 Å². The summed E-state index contributed by atoms with van der Waals surface area (Å²) in [5.41, 5.74) is 8.92. The molecule has 1 amide bonds. The largest absolute Gasteiger partial charge is 0.415 e. The smallest absolute Gasteiger partial charge is 0.410 e. The Morgan fingerprint density at radius 2 is 1.95 bits per heavy atom. The first-order chi connectivity index (χ1) is 18.7. The maximum absolute atomic E-state index is 12.6. The zero-order chi connectivity index (χ0) is 27.7. The third kappa shape index (κ3) is 5.53. The van der Waals surface area contributed by atoms with E-state index in [1.165, 1.54) is 10.9 Å². The molecule has 3 aromatic rings. The van der Waals surface area contributed by atoms with E-state index >= 15 is 0 Å². The van der Waals surface area contributed by atoms with E-state index in [0.717, 1.165) is 24.0 Å². The summed E-state index contributed by atoms with van der Waals surface area (Å²) < 4.78 is 12.6. The van der Waals surface area contributed by atoms with Gasteiger partial charge in [-0.3, -0.25) is 4.57 Å². The molecule has 206 valence electrons. The fraction of sp³-hybridized carbons (Fsp3) is 0.481. The van der Waals surface area contributed by atoms with Gasteiger partial charge in [-0.2, -0.15) is 0 Å². The standard InChI is InChI=1S/C27H32N6O6/c1-15-6-7-18(12-16(15)2)38-27(37)32-10-8-17(9-11-32)4-3-5-20-30-24(28)21-25(31-20)33(14-29-21)26-23(36)22(35)19(13-34)39-26/h6-7,12,14,17,19,22-23,26,34-36H,4,8-11,13H2,1-2H3,(H2,28,30,31)/t19-,22+,23?,26-/m1/s1. The van der Waals surface area contributed by atoms with Crippen LogP contribution in [0.25, 0.3) is 11.2 Å². The lowest BCUT2D eigenvalue weighted by molar-refractivity contribution is -0.0511. The molecule has 0 aliphatic carbocycles. The monoisotopic (exact) mass is 536 g/mol. The number of aliphatic hydroxyl groups excluding tert-OH is 3. The molecular formula is C27H32N6O6. The number of aryl methyl sites for hydroxylation is 2. The summed E-state index contributed by atoms with van der Waals surface area (Å²) in [5, 5.41) is 29.9. The van der Waals surface area contributed by atoms with Crippen LogP contribution in [-0.2, 0) is 4.74 Å². The number of nitrogens with two attached hydrogens (primary N) is 1. The fourth-order valence-electron chi connectivity index (χ4n) is 4.83. The molecule has 2 aliphatic heterocycles. The third-order valence-electron chi connectivity index (χ3n) is 7.39. The van der Waals surface area contributed by atoms with Crippen molar-refractivity contribution in [1.29, 1.82) is 0 Å². The fourth-order valence-corrected chi connectivity index (χ4v) is 4.83. The Bertz CT molecular complexity index is 1420. The van der Waals surface area contributed by atoms with Gasteiger partial charge in [0.05, 0.1) is 12.9 Å². The second-order valence-corrected chi connectivity index (χ2v) is 10.0. The number of anilines is 1. The lowest BCUT2D eigenvalue weighted by atomic mass is 9.94. The molecule has 12 nitrogen and oxygen atoms in total. The van der Waals surface area contributed by atoms with Crippen molar-refractivity contribution in [3.8, 4) is 17.6 Å². The molecule has 2 aromatic heterocycles. The van der Waals surface area contributed by atoms with E-state index in [1.54, 1.807) is 11.0 Å². The van der Waals surface area contributed by atoms with Gasteiger partial charge in [0.25, 0.3) is 0 Å². The maximum Gasteiger partial charge on any atom is 0.415 e. The molecule has 1 unspecified atom stereocenters. The molecule has 4 atom stereocenters. The summed E-state index contributed by atoms with van der Waals surface area (Å²) in [6.07, 6.45) is -1.20. The Kier molecular flexibility index (Phi) is 7.67. The Labute approximate surface area is 225 Å². The van der Waals surface area contributed by atoms with Crippen LogP contribution in [0.4, 0.5) is 10.6 Å². The zero-order valence-corrected chi connectivity index (χ0v) is 21.8. The van der Waals surface area contributed by atoms with E-state index in [9.17, 15) is 20.1 Å². The quantitative estimate of drug-likeness (QED) is 0.356. The van der Waals surface area contributed by atoms with Gasteiger partial charge in [-0.15, -0.1) is 0 Å². The molecule has 5 rings (SSSR count). The second-order valence-electron chi connectivity index (χ2n) is 10.0. The molecule has 0 spiro atoms. The number of rotatable bonds is 4. The Hall–Kier alpha value is -3.76. The Morgan fingerprint density at radius 1 is 1.18 bits per heavy atom. The second kappa shape index (κ2) is 11.2. The minimum Gasteiger partial charge on any atom is -0.410 e. The SMILES string of the molecule is Cc1ccc(OC(=O)N2CCC(CC#Cc3nc(N)c4ncn([C@@H]5O[C@H](CO)[C@H](O)C5O)c4n3)CC2)cc1C. The normalized spacial score (nSPS) is 23.6. The summed E-state index contributed by atoms with van der Waals surface area (Å²) in [6.45, 7) is 4.74. The first-order valence-corrected chi connectivity index (χ1v) is 12.9. The number of carbonyl (C=O) groups is 1. The highest BCUT2D eigenvalue weighted by Gasteiger charge is 2.44. The average Bonchev–Trinajstić information content (AvgIpc) is 3.47. The van der Waals surface area contributed by atoms with Crippen LogP contribution in [-0.4, -0.2) is 83.8 Å². The number of hydrogen-bond donors (Lipinski definition) is 4. The Balaban J connectivity index is 1.20. The first-order valence-electron chi connectivity index (χ1n) is 12.9. The van der Waals surface area contributed by atoms with Crippen LogP contribution < -0.4 is 10.5 Å². The number of aromatic nitrogens is 4. The van der Waals surface area contributed by atoms with Crippen molar-refractivity contribution in [1.82, 2.24) is 24.4 Å². The topological polar surface area (TPSA) is 169 Å². The summed E-state index contributed by atoms with van der Waals surface area (Å²) >= 11 is 0. The Morgan fingerprint density at radius 3 is 2.64 bits per heavy atom. The van der Waals surface area contributed by atoms with Crippen LogP contribution >= 0.6 is 0 Å². The molecule has 0 saturated carbocycles. The number of imidazole rings is 1. The van der Waals surface area contributed by atoms with Gasteiger partial charge >= 0.3 is 6.09 Å². The summed E-state index contributed by atoms with van der Waals surface area (Å²) in [4.78, 5) is 27.2. The number of nitrogens with zero attached hydrogens (tertiary/aromatic N) is 5. The maximum atomic E-state index is 12.6. The number of benzene rings is 1. The van der Waals surface area contributed by atoms with Gasteiger partial charge in [-0.1, -0.05) is 12.0 Å². The number of hydrogen-bond acceptors (Lipinski definition) is 10. The summed E-state index contributed by atoms with van der Waals surface area (Å²) in [6, 6.07) is 5.61. The summed E-state index contributed by atoms with van der Waals surface area (Å²) in [7, 11) is 0. The van der Waals surface area contributed by atoms with E-state index in [-0.39, 0.29) is 17.7 Å². The number of amides is 1. The predicted molar refractivity (Wildman–Crippen MR) is 140 cm³/mol. The number of ether oxygens (including phenoxy) is 2. The molecule has 2 saturated heterocycles. The van der Waals surface area contributed by atoms with Gasteiger partial charge in [0.15, 0.2) is 17.7 Å². The summed E-state index contributed by atoms with van der Waals surface area (Å²) in [5.74, 6) is 7.27. The lowest BCUT2D eigenvalue weighted by Gasteiger charge is -2.30. The number of carbonyl (C=O) groups excluding carboxylic acids is 1. The van der Waals surface area contributed by atoms with Crippen molar-refractivity contribution >= 4 is 23.1 Å². The van der Waals surface area contributed by atoms with Gasteiger partial charge in [-0.05, 0) is 61.8 Å². The van der Waals surface area contributed by atoms with E-state index < -0.39 is 31.1 Å². The highest BCUT2D eigenvalue weighted by molar-refractivity contribution is 5.82. The van der Waals surface area contributed by atoms with Crippen LogP contribution in [0.1, 0.15) is 42.4 Å². The third-order valence-corrected chi connectivity index (χ3v) is 7.39. The van der Waals surface area contributed by atoms with Gasteiger partial charge in [0.2, 0.25) is 5.82 Å². The van der Waals surface area contributed by atoms with Crippen molar-refractivity contribution in [3.63, 3.8) is 0 Å². The molecule has 12 heteroatoms. The minimum atomic E-state index is -1.28. The molecule has 4 heterocycles. The lowest BCUT2D eigenvalue weighted by Crippen LogP contribution is -2.40. The number of nitrogen functional groups attached to an aromatic ring is 1. The highest BCUT2D eigenvalue weighted by Crippen LogP contribution is 2.32. The van der Waals surface area contributed by atoms with Crippen molar-refractivity contribution in [2.45, 2.75) is 57.6 Å². The van der Waals surface area contributed by atoms with Crippen LogP contribution in [0.3, 0.4) is 0 Å². The highest BCUT2D eigenvalue weighted by atomic mass is 16.6. The van der Waals surface area contributed by atoms with Gasteiger partial charge < -0.3 is 35.4 Å². The van der Waals surface area contributed by atoms with Crippen LogP contribution in [0.5, 0.6) is 5.75 Å². The van der Waals surface area contributed by atoms with E-state index in [0.29, 0.717) is 42.3 Å². The minimum absolute atomic E-state index is 0.130. The molecule has 5 N–H and O–H groups in total. The zero-order valence-electron chi connectivity index (χ0n) is 21.8. The molecule has 2 fully saturated rings. The molecule has 1 aromatic carbocycles. The van der Waals surface area contributed by atoms with E-state index in [1.807, 2.05) is 26.0 Å². The van der Waals surface area contributed by atoms with Gasteiger partial charge in [-0.25, -0.2) is 19.7 Å². The molecule has 0 bridgehead atoms. The molecular weight excluding hydrogens is 504 g/mol. The number of likely N-dealkylation sites (tertiary alicyclic amines) is 1. The molecule has 39 heavy (non-hydrogen) atoms. The van der Waals surface area contributed by atoms with Crippen LogP contribution in [0, 0.1) is 31.6 Å². The van der Waals surface area contributed by atoms with Crippen molar-refractivity contribution in [3.05, 3.63) is 41.5 Å². The predicted octanol–water partition coefficient (Wildman–Crippen LogP) is 1.29. The van der Waals surface area contributed by atoms with Gasteiger partial charge in [0.1, 0.15) is 29.6 Å². The van der Waals surface area contributed by atoms with Crippen LogP contribution in [0.2, 0.25) is 0 Å². The number of aliphatic hydroxyl groups is 3. The van der Waals surface area contributed by atoms with Crippen molar-refractivity contribution in [2.75, 3.05) is 25.4 Å². The van der Waals surface area contributed by atoms with Crippen molar-refractivity contribution < 1.29 is 29.6 Å². The number of piperidine rings is 1. The van der Waals surface area contributed by atoms with Crippen molar-refractivity contribution in [2.24, 2.45) is 5.92 Å². The van der Waals surface area contributed by atoms with Crippen LogP contribution in [0.15, 0.2) is 24.5 Å². The van der Waals surface area contributed by atoms with E-state index in [4.69, 9.17) is 15.2 Å². The average molecular weight is 537 g/mol.